The van der Waals surface area contributed by atoms with Gasteiger partial charge in [-0.05, 0) is 67.0 Å². The Morgan fingerprint density at radius 1 is 1.08 bits per heavy atom. The van der Waals surface area contributed by atoms with E-state index in [4.69, 9.17) is 4.98 Å². The van der Waals surface area contributed by atoms with Gasteiger partial charge in [-0.25, -0.2) is 4.98 Å². The Kier molecular flexibility index (Phi) is 4.00. The van der Waals surface area contributed by atoms with Crippen LogP contribution in [-0.4, -0.2) is 16.1 Å². The van der Waals surface area contributed by atoms with E-state index in [1.165, 1.54) is 24.0 Å². The van der Waals surface area contributed by atoms with Gasteiger partial charge in [-0.3, -0.25) is 4.79 Å². The van der Waals surface area contributed by atoms with Crippen LogP contribution in [0, 0.1) is 6.92 Å². The minimum atomic E-state index is -0.820. The van der Waals surface area contributed by atoms with Gasteiger partial charge in [0, 0.05) is 10.9 Å². The molecule has 1 heterocycles. The Bertz CT molecular complexity index is 975. The number of aromatic nitrogens is 1. The summed E-state index contributed by atoms with van der Waals surface area (Å²) in [6.45, 7) is 2.00. The van der Waals surface area contributed by atoms with Crippen molar-refractivity contribution in [1.82, 2.24) is 4.98 Å². The summed E-state index contributed by atoms with van der Waals surface area (Å²) in [4.78, 5) is 16.3. The highest BCUT2D eigenvalue weighted by Gasteiger charge is 2.18. The van der Waals surface area contributed by atoms with Crippen molar-refractivity contribution in [3.63, 3.8) is 0 Å². The molecule has 1 aliphatic carbocycles. The number of hydrogen-bond acceptors (Lipinski definition) is 2. The van der Waals surface area contributed by atoms with Crippen molar-refractivity contribution in [2.45, 2.75) is 39.0 Å². The second-order valence-corrected chi connectivity index (χ2v) is 6.84. The fourth-order valence-electron chi connectivity index (χ4n) is 3.90. The van der Waals surface area contributed by atoms with Crippen molar-refractivity contribution >= 4 is 16.9 Å². The lowest BCUT2D eigenvalue weighted by Gasteiger charge is -2.18. The number of carboxylic acids is 1. The van der Waals surface area contributed by atoms with Crippen molar-refractivity contribution in [1.29, 1.82) is 0 Å². The fourth-order valence-corrected chi connectivity index (χ4v) is 3.90. The van der Waals surface area contributed by atoms with E-state index < -0.39 is 5.97 Å². The first-order valence-electron chi connectivity index (χ1n) is 8.85. The van der Waals surface area contributed by atoms with Gasteiger partial charge in [-0.1, -0.05) is 30.3 Å². The van der Waals surface area contributed by atoms with E-state index in [0.717, 1.165) is 46.1 Å². The monoisotopic (exact) mass is 331 g/mol. The predicted molar refractivity (Wildman–Crippen MR) is 99.9 cm³/mol. The molecular weight excluding hydrogens is 310 g/mol. The predicted octanol–water partition coefficient (Wildman–Crippen LogP) is 4.72. The molecule has 0 fully saturated rings. The van der Waals surface area contributed by atoms with Gasteiger partial charge < -0.3 is 5.11 Å². The molecule has 0 amide bonds. The maximum absolute atomic E-state index is 11.4. The molecule has 4 rings (SSSR count). The van der Waals surface area contributed by atoms with E-state index in [2.05, 4.69) is 18.2 Å². The van der Waals surface area contributed by atoms with E-state index in [9.17, 15) is 9.90 Å². The van der Waals surface area contributed by atoms with Crippen LogP contribution in [0.1, 0.15) is 35.1 Å². The molecule has 2 aromatic carbocycles. The first-order valence-corrected chi connectivity index (χ1v) is 8.85. The number of benzene rings is 2. The molecule has 0 spiro atoms. The maximum atomic E-state index is 11.4. The van der Waals surface area contributed by atoms with Crippen LogP contribution in [0.15, 0.2) is 42.5 Å². The zero-order valence-corrected chi connectivity index (χ0v) is 14.4. The Balaban J connectivity index is 1.94. The summed E-state index contributed by atoms with van der Waals surface area (Å²) in [5, 5.41) is 10.4. The molecule has 1 aromatic heterocycles. The largest absolute Gasteiger partial charge is 0.481 e. The van der Waals surface area contributed by atoms with Gasteiger partial charge in [0.15, 0.2) is 0 Å². The molecule has 0 radical (unpaired) electrons. The van der Waals surface area contributed by atoms with Gasteiger partial charge in [-0.2, -0.15) is 0 Å². The normalized spacial score (nSPS) is 13.6. The molecule has 1 aliphatic rings. The minimum absolute atomic E-state index is 0.00388. The smallest absolute Gasteiger partial charge is 0.307 e. The number of nitrogens with zero attached hydrogens (tertiary/aromatic N) is 1. The average Bonchev–Trinajstić information content (AvgIpc) is 2.63. The lowest BCUT2D eigenvalue weighted by molar-refractivity contribution is -0.136. The molecule has 3 heteroatoms. The second kappa shape index (κ2) is 6.32. The van der Waals surface area contributed by atoms with Gasteiger partial charge in [0.1, 0.15) is 0 Å². The van der Waals surface area contributed by atoms with Crippen molar-refractivity contribution in [2.75, 3.05) is 0 Å². The van der Waals surface area contributed by atoms with Gasteiger partial charge in [0.2, 0.25) is 0 Å². The zero-order valence-electron chi connectivity index (χ0n) is 14.4. The number of aryl methyl sites for hydroxylation is 3. The van der Waals surface area contributed by atoms with E-state index in [0.29, 0.717) is 0 Å². The van der Waals surface area contributed by atoms with Crippen LogP contribution in [0.4, 0.5) is 0 Å². The number of hydrogen-bond donors (Lipinski definition) is 1. The summed E-state index contributed by atoms with van der Waals surface area (Å²) in [6, 6.07) is 14.5. The lowest BCUT2D eigenvalue weighted by Crippen LogP contribution is -2.07. The van der Waals surface area contributed by atoms with Crippen LogP contribution >= 0.6 is 0 Å². The van der Waals surface area contributed by atoms with E-state index in [1.54, 1.807) is 0 Å². The number of aliphatic carboxylic acids is 1. The highest BCUT2D eigenvalue weighted by molar-refractivity contribution is 5.89. The molecule has 25 heavy (non-hydrogen) atoms. The zero-order chi connectivity index (χ0) is 17.4. The summed E-state index contributed by atoms with van der Waals surface area (Å²) in [6.07, 6.45) is 4.72. The van der Waals surface area contributed by atoms with Gasteiger partial charge in [0.05, 0.1) is 17.6 Å². The summed E-state index contributed by atoms with van der Waals surface area (Å²) in [5.74, 6) is -0.820. The molecule has 1 N–H and O–H groups in total. The highest BCUT2D eigenvalue weighted by atomic mass is 16.4. The standard InChI is InChI=1S/C22H21NO2/c1-14-18-8-4-5-9-20(18)23-22(19(14)13-21(24)25)17-11-10-15-6-2-3-7-16(15)12-17/h4-5,8-12H,2-3,6-7,13H2,1H3,(H,24,25). The number of rotatable bonds is 3. The minimum Gasteiger partial charge on any atom is -0.481 e. The van der Waals surface area contributed by atoms with Crippen LogP contribution in [0.5, 0.6) is 0 Å². The highest BCUT2D eigenvalue weighted by Crippen LogP contribution is 2.32. The number of carboxylic acid groups (broad SMARTS) is 1. The third kappa shape index (κ3) is 2.91. The molecule has 3 aromatic rings. The van der Waals surface area contributed by atoms with Crippen LogP contribution in [0.25, 0.3) is 22.2 Å². The maximum Gasteiger partial charge on any atom is 0.307 e. The van der Waals surface area contributed by atoms with Crippen molar-refractivity contribution in [2.24, 2.45) is 0 Å². The average molecular weight is 331 g/mol. The molecule has 0 bridgehead atoms. The number of fused-ring (bicyclic) bond motifs is 2. The van der Waals surface area contributed by atoms with Crippen LogP contribution in [0.2, 0.25) is 0 Å². The van der Waals surface area contributed by atoms with Gasteiger partial charge in [-0.15, -0.1) is 0 Å². The lowest BCUT2D eigenvalue weighted by atomic mass is 9.88. The molecule has 0 atom stereocenters. The summed E-state index contributed by atoms with van der Waals surface area (Å²) in [5.41, 5.74) is 7.41. The summed E-state index contributed by atoms with van der Waals surface area (Å²) < 4.78 is 0. The Morgan fingerprint density at radius 2 is 1.84 bits per heavy atom. The van der Waals surface area contributed by atoms with Gasteiger partial charge >= 0.3 is 5.97 Å². The quantitative estimate of drug-likeness (QED) is 0.756. The number of carbonyl (C=O) groups is 1. The molecule has 0 aliphatic heterocycles. The Morgan fingerprint density at radius 3 is 2.64 bits per heavy atom. The second-order valence-electron chi connectivity index (χ2n) is 6.84. The molecular formula is C22H21NO2. The SMILES string of the molecule is Cc1c(CC(=O)O)c(-c2ccc3c(c2)CCCC3)nc2ccccc12. The van der Waals surface area contributed by atoms with Gasteiger partial charge in [0.25, 0.3) is 0 Å². The van der Waals surface area contributed by atoms with E-state index in [1.807, 2.05) is 31.2 Å². The third-order valence-corrected chi connectivity index (χ3v) is 5.23. The molecule has 3 nitrogen and oxygen atoms in total. The molecule has 0 saturated heterocycles. The fraction of sp³-hybridized carbons (Fsp3) is 0.273. The van der Waals surface area contributed by atoms with E-state index in [-0.39, 0.29) is 6.42 Å². The molecule has 0 unspecified atom stereocenters. The number of pyridine rings is 1. The Hall–Kier alpha value is -2.68. The van der Waals surface area contributed by atoms with Crippen LogP contribution in [0.3, 0.4) is 0 Å². The van der Waals surface area contributed by atoms with E-state index >= 15 is 0 Å². The molecule has 0 saturated carbocycles. The summed E-state index contributed by atoms with van der Waals surface area (Å²) in [7, 11) is 0. The molecule has 126 valence electrons. The Labute approximate surface area is 147 Å². The van der Waals surface area contributed by atoms with Crippen LogP contribution < -0.4 is 0 Å². The van der Waals surface area contributed by atoms with Crippen molar-refractivity contribution < 1.29 is 9.90 Å². The number of para-hydroxylation sites is 1. The topological polar surface area (TPSA) is 50.2 Å². The first kappa shape index (κ1) is 15.8. The first-order chi connectivity index (χ1) is 12.1. The van der Waals surface area contributed by atoms with Crippen LogP contribution in [-0.2, 0) is 24.1 Å². The third-order valence-electron chi connectivity index (χ3n) is 5.23. The van der Waals surface area contributed by atoms with Crippen molar-refractivity contribution in [3.05, 3.63) is 64.7 Å². The van der Waals surface area contributed by atoms with Crippen molar-refractivity contribution in [3.8, 4) is 11.3 Å². The summed E-state index contributed by atoms with van der Waals surface area (Å²) >= 11 is 0.